The number of hydrogen-bond acceptors (Lipinski definition) is 6. The van der Waals surface area contributed by atoms with Crippen molar-refractivity contribution >= 4 is 5.91 Å². The zero-order valence-corrected chi connectivity index (χ0v) is 16.8. The lowest BCUT2D eigenvalue weighted by molar-refractivity contribution is -0.128. The minimum absolute atomic E-state index is 0.0434. The van der Waals surface area contributed by atoms with Crippen molar-refractivity contribution in [1.29, 1.82) is 0 Å². The Morgan fingerprint density at radius 1 is 1.18 bits per heavy atom. The third-order valence-electron chi connectivity index (χ3n) is 4.67. The first-order chi connectivity index (χ1) is 13.7. The van der Waals surface area contributed by atoms with Gasteiger partial charge in [0, 0.05) is 26.2 Å². The highest BCUT2D eigenvalue weighted by atomic mass is 16.5. The number of hydrogen-bond donors (Lipinski definition) is 2. The van der Waals surface area contributed by atoms with Crippen molar-refractivity contribution in [1.82, 2.24) is 10.2 Å². The highest BCUT2D eigenvalue weighted by molar-refractivity contribution is 5.77. The van der Waals surface area contributed by atoms with E-state index in [4.69, 9.17) is 14.2 Å². The maximum atomic E-state index is 12.3. The van der Waals surface area contributed by atoms with Gasteiger partial charge in [-0.25, -0.2) is 0 Å². The van der Waals surface area contributed by atoms with Crippen molar-refractivity contribution in [3.05, 3.63) is 35.9 Å². The van der Waals surface area contributed by atoms with Crippen LogP contribution < -0.4 is 5.32 Å². The number of morpholine rings is 1. The van der Waals surface area contributed by atoms with E-state index in [0.29, 0.717) is 33.0 Å². The molecule has 1 aromatic rings. The van der Waals surface area contributed by atoms with E-state index < -0.39 is 12.1 Å². The lowest BCUT2D eigenvalue weighted by atomic mass is 10.0. The minimum atomic E-state index is -0.787. The lowest BCUT2D eigenvalue weighted by Gasteiger charge is -2.33. The second kappa shape index (κ2) is 13.6. The van der Waals surface area contributed by atoms with Gasteiger partial charge in [0.15, 0.2) is 0 Å². The van der Waals surface area contributed by atoms with Gasteiger partial charge >= 0.3 is 0 Å². The first-order valence-electron chi connectivity index (χ1n) is 10.2. The molecule has 1 aromatic carbocycles. The summed E-state index contributed by atoms with van der Waals surface area (Å²) in [6.07, 6.45) is 1.34. The molecule has 1 saturated heterocycles. The van der Waals surface area contributed by atoms with E-state index >= 15 is 0 Å². The molecule has 1 aliphatic rings. The molecule has 2 atom stereocenters. The van der Waals surface area contributed by atoms with Crippen LogP contribution in [0.1, 0.15) is 31.4 Å². The second-order valence-corrected chi connectivity index (χ2v) is 6.96. The van der Waals surface area contributed by atoms with Gasteiger partial charge in [0.2, 0.25) is 5.91 Å². The van der Waals surface area contributed by atoms with Gasteiger partial charge in [0.25, 0.3) is 0 Å². The molecule has 7 heteroatoms. The molecule has 158 valence electrons. The van der Waals surface area contributed by atoms with Crippen molar-refractivity contribution in [2.75, 3.05) is 59.3 Å². The van der Waals surface area contributed by atoms with E-state index in [9.17, 15) is 9.90 Å². The maximum absolute atomic E-state index is 12.3. The van der Waals surface area contributed by atoms with Crippen LogP contribution in [0.25, 0.3) is 0 Å². The van der Waals surface area contributed by atoms with E-state index in [1.165, 1.54) is 0 Å². The summed E-state index contributed by atoms with van der Waals surface area (Å²) in [7, 11) is 0. The number of amides is 1. The number of rotatable bonds is 13. The molecule has 0 spiro atoms. The van der Waals surface area contributed by atoms with Gasteiger partial charge < -0.3 is 24.6 Å². The van der Waals surface area contributed by atoms with Gasteiger partial charge in [-0.3, -0.25) is 9.69 Å². The molecule has 1 amide bonds. The molecule has 0 aliphatic carbocycles. The Kier molecular flexibility index (Phi) is 11.1. The lowest BCUT2D eigenvalue weighted by Crippen LogP contribution is -2.50. The van der Waals surface area contributed by atoms with Crippen molar-refractivity contribution in [2.24, 2.45) is 0 Å². The quantitative estimate of drug-likeness (QED) is 0.492. The van der Waals surface area contributed by atoms with E-state index in [1.54, 1.807) is 0 Å². The zero-order valence-electron chi connectivity index (χ0n) is 16.8. The number of carbonyl (C=O) groups excluding carboxylic acids is 1. The maximum Gasteiger partial charge on any atom is 0.246 e. The molecule has 0 aromatic heterocycles. The van der Waals surface area contributed by atoms with Crippen molar-refractivity contribution in [2.45, 2.75) is 31.9 Å². The van der Waals surface area contributed by atoms with E-state index in [0.717, 1.165) is 38.1 Å². The normalized spacial score (nSPS) is 17.2. The van der Waals surface area contributed by atoms with Crippen LogP contribution in [0.4, 0.5) is 0 Å². The highest BCUT2D eigenvalue weighted by Gasteiger charge is 2.26. The Hall–Kier alpha value is -1.51. The molecule has 2 N–H and O–H groups in total. The van der Waals surface area contributed by atoms with Crippen molar-refractivity contribution in [3.8, 4) is 0 Å². The molecule has 2 rings (SSSR count). The van der Waals surface area contributed by atoms with Gasteiger partial charge in [-0.1, -0.05) is 43.7 Å². The number of benzene rings is 1. The Labute approximate surface area is 168 Å². The topological polar surface area (TPSA) is 80.3 Å². The molecular weight excluding hydrogens is 360 g/mol. The predicted octanol–water partition coefficient (Wildman–Crippen LogP) is 1.37. The molecule has 0 saturated carbocycles. The standard InChI is InChI=1S/C21H34N2O5/c1-2-3-11-26-14-15-28-17-20(24)22-19(16-23-9-12-27-13-10-23)21(25)18-7-5-4-6-8-18/h4-8,19,21,25H,2-3,9-17H2,1H3,(H,22,24). The number of ether oxygens (including phenoxy) is 3. The number of carbonyl (C=O) groups is 1. The number of aliphatic hydroxyl groups excluding tert-OH is 1. The smallest absolute Gasteiger partial charge is 0.246 e. The number of nitrogens with zero attached hydrogens (tertiary/aromatic N) is 1. The van der Waals surface area contributed by atoms with Gasteiger partial charge in [-0.2, -0.15) is 0 Å². The summed E-state index contributed by atoms with van der Waals surface area (Å²) >= 11 is 0. The van der Waals surface area contributed by atoms with Crippen LogP contribution in [-0.2, 0) is 19.0 Å². The molecule has 0 bridgehead atoms. The molecule has 7 nitrogen and oxygen atoms in total. The number of nitrogens with one attached hydrogen (secondary N) is 1. The molecule has 0 radical (unpaired) electrons. The van der Waals surface area contributed by atoms with Gasteiger partial charge in [-0.05, 0) is 12.0 Å². The Morgan fingerprint density at radius 3 is 2.61 bits per heavy atom. The zero-order chi connectivity index (χ0) is 20.0. The fourth-order valence-electron chi connectivity index (χ4n) is 3.05. The Balaban J connectivity index is 1.81. The van der Waals surface area contributed by atoms with Crippen LogP contribution in [0.5, 0.6) is 0 Å². The largest absolute Gasteiger partial charge is 0.386 e. The van der Waals surface area contributed by atoms with Gasteiger partial charge in [-0.15, -0.1) is 0 Å². The Morgan fingerprint density at radius 2 is 1.89 bits per heavy atom. The summed E-state index contributed by atoms with van der Waals surface area (Å²) in [4.78, 5) is 14.5. The Bertz CT molecular complexity index is 537. The molecule has 1 fully saturated rings. The van der Waals surface area contributed by atoms with Crippen LogP contribution in [0.15, 0.2) is 30.3 Å². The summed E-state index contributed by atoms with van der Waals surface area (Å²) in [6.45, 7) is 7.14. The van der Waals surface area contributed by atoms with Gasteiger partial charge in [0.1, 0.15) is 12.7 Å². The monoisotopic (exact) mass is 394 g/mol. The van der Waals surface area contributed by atoms with Crippen LogP contribution in [-0.4, -0.2) is 81.2 Å². The van der Waals surface area contributed by atoms with E-state index in [-0.39, 0.29) is 12.5 Å². The summed E-state index contributed by atoms with van der Waals surface area (Å²) in [5.74, 6) is -0.234. The summed E-state index contributed by atoms with van der Waals surface area (Å²) in [6, 6.07) is 8.99. The van der Waals surface area contributed by atoms with E-state index in [1.807, 2.05) is 30.3 Å². The molecule has 1 aliphatic heterocycles. The highest BCUT2D eigenvalue weighted by Crippen LogP contribution is 2.18. The van der Waals surface area contributed by atoms with Crippen LogP contribution in [0.3, 0.4) is 0 Å². The first kappa shape index (κ1) is 22.8. The summed E-state index contributed by atoms with van der Waals surface area (Å²) < 4.78 is 16.2. The fourth-order valence-corrected chi connectivity index (χ4v) is 3.05. The summed E-state index contributed by atoms with van der Waals surface area (Å²) in [5, 5.41) is 13.8. The van der Waals surface area contributed by atoms with Gasteiger partial charge in [0.05, 0.1) is 32.5 Å². The predicted molar refractivity (Wildman–Crippen MR) is 107 cm³/mol. The second-order valence-electron chi connectivity index (χ2n) is 6.96. The van der Waals surface area contributed by atoms with E-state index in [2.05, 4.69) is 17.1 Å². The average molecular weight is 395 g/mol. The average Bonchev–Trinajstić information content (AvgIpc) is 2.73. The van der Waals surface area contributed by atoms with Crippen molar-refractivity contribution in [3.63, 3.8) is 0 Å². The van der Waals surface area contributed by atoms with Crippen LogP contribution in [0, 0.1) is 0 Å². The molecule has 28 heavy (non-hydrogen) atoms. The third-order valence-corrected chi connectivity index (χ3v) is 4.67. The molecule has 1 heterocycles. The first-order valence-corrected chi connectivity index (χ1v) is 10.2. The number of aliphatic hydroxyl groups is 1. The van der Waals surface area contributed by atoms with Crippen LogP contribution in [0.2, 0.25) is 0 Å². The third kappa shape index (κ3) is 8.67. The van der Waals surface area contributed by atoms with Crippen LogP contribution >= 0.6 is 0 Å². The molecule has 2 unspecified atom stereocenters. The minimum Gasteiger partial charge on any atom is -0.386 e. The molecular formula is C21H34N2O5. The SMILES string of the molecule is CCCCOCCOCC(=O)NC(CN1CCOCC1)C(O)c1ccccc1. The summed E-state index contributed by atoms with van der Waals surface area (Å²) in [5.41, 5.74) is 0.784. The van der Waals surface area contributed by atoms with Crippen molar-refractivity contribution < 1.29 is 24.1 Å². The number of unbranched alkanes of at least 4 members (excludes halogenated alkanes) is 1. The fraction of sp³-hybridized carbons (Fsp3) is 0.667.